The van der Waals surface area contributed by atoms with Crippen LogP contribution in [0, 0.1) is 17.0 Å². The van der Waals surface area contributed by atoms with E-state index in [2.05, 4.69) is 15.6 Å². The molecule has 8 nitrogen and oxygen atoms in total. The van der Waals surface area contributed by atoms with Gasteiger partial charge in [-0.3, -0.25) is 19.7 Å². The Hall–Kier alpha value is -3.29. The molecular formula is C15H14N4O4. The maximum atomic E-state index is 11.9. The van der Waals surface area contributed by atoms with Crippen molar-refractivity contribution in [3.63, 3.8) is 0 Å². The number of hydrogen-bond acceptors (Lipinski definition) is 5. The largest absolute Gasteiger partial charge is 0.343 e. The molecule has 118 valence electrons. The van der Waals surface area contributed by atoms with Gasteiger partial charge in [0.1, 0.15) is 5.82 Å². The highest BCUT2D eigenvalue weighted by molar-refractivity contribution is 5.99. The van der Waals surface area contributed by atoms with Gasteiger partial charge in [-0.1, -0.05) is 12.1 Å². The summed E-state index contributed by atoms with van der Waals surface area (Å²) >= 11 is 0. The Morgan fingerprint density at radius 2 is 2.04 bits per heavy atom. The smallest absolute Gasteiger partial charge is 0.270 e. The van der Waals surface area contributed by atoms with Crippen molar-refractivity contribution < 1.29 is 14.5 Å². The quantitative estimate of drug-likeness (QED) is 0.643. The second kappa shape index (κ2) is 7.12. The van der Waals surface area contributed by atoms with Crippen LogP contribution in [0.15, 0.2) is 42.6 Å². The fourth-order valence-corrected chi connectivity index (χ4v) is 1.82. The molecule has 0 unspecified atom stereocenters. The summed E-state index contributed by atoms with van der Waals surface area (Å²) in [5.74, 6) is -0.589. The van der Waals surface area contributed by atoms with Gasteiger partial charge in [-0.2, -0.15) is 0 Å². The standard InChI is InChI=1S/C15H14N4O4/c1-10-4-3-7-16-14(10)18-13(20)9-17-15(21)11-5-2-6-12(8-11)19(22)23/h2-8H,9H2,1H3,(H,17,21)(H,16,18,20). The number of benzene rings is 1. The number of carbonyl (C=O) groups excluding carboxylic acids is 2. The molecule has 0 spiro atoms. The first-order valence-corrected chi connectivity index (χ1v) is 6.71. The van der Waals surface area contributed by atoms with E-state index in [9.17, 15) is 19.7 Å². The molecule has 1 aromatic heterocycles. The molecule has 0 aliphatic carbocycles. The SMILES string of the molecule is Cc1cccnc1NC(=O)CNC(=O)c1cccc([N+](=O)[O-])c1. The van der Waals surface area contributed by atoms with Crippen molar-refractivity contribution in [2.24, 2.45) is 0 Å². The summed E-state index contributed by atoms with van der Waals surface area (Å²) in [4.78, 5) is 37.8. The first-order chi connectivity index (χ1) is 11.0. The van der Waals surface area contributed by atoms with Crippen LogP contribution in [0.1, 0.15) is 15.9 Å². The molecule has 0 bridgehead atoms. The molecule has 0 atom stereocenters. The number of rotatable bonds is 5. The third kappa shape index (κ3) is 4.34. The molecule has 1 aromatic carbocycles. The molecule has 1 heterocycles. The lowest BCUT2D eigenvalue weighted by Gasteiger charge is -2.08. The maximum absolute atomic E-state index is 11.9. The van der Waals surface area contributed by atoms with Gasteiger partial charge in [-0.25, -0.2) is 4.98 Å². The van der Waals surface area contributed by atoms with Crippen molar-refractivity contribution in [1.82, 2.24) is 10.3 Å². The number of aromatic nitrogens is 1. The Kier molecular flexibility index (Phi) is 4.98. The molecule has 2 aromatic rings. The molecule has 0 saturated carbocycles. The number of nitro groups is 1. The molecule has 0 radical (unpaired) electrons. The van der Waals surface area contributed by atoms with E-state index in [1.807, 2.05) is 0 Å². The van der Waals surface area contributed by atoms with Crippen molar-refractivity contribution in [2.45, 2.75) is 6.92 Å². The van der Waals surface area contributed by atoms with Gasteiger partial charge in [-0.15, -0.1) is 0 Å². The second-order valence-electron chi connectivity index (χ2n) is 4.71. The second-order valence-corrected chi connectivity index (χ2v) is 4.71. The predicted octanol–water partition coefficient (Wildman–Crippen LogP) is 1.67. The van der Waals surface area contributed by atoms with Crippen LogP contribution in [0.5, 0.6) is 0 Å². The van der Waals surface area contributed by atoms with Crippen molar-refractivity contribution >= 4 is 23.3 Å². The van der Waals surface area contributed by atoms with E-state index >= 15 is 0 Å². The molecule has 2 rings (SSSR count). The van der Waals surface area contributed by atoms with E-state index < -0.39 is 16.7 Å². The third-order valence-electron chi connectivity index (χ3n) is 3.00. The summed E-state index contributed by atoms with van der Waals surface area (Å²) in [6, 6.07) is 8.82. The van der Waals surface area contributed by atoms with Gasteiger partial charge in [0.25, 0.3) is 11.6 Å². The van der Waals surface area contributed by atoms with Crippen LogP contribution in [-0.2, 0) is 4.79 Å². The number of nitro benzene ring substituents is 1. The predicted molar refractivity (Wildman–Crippen MR) is 83.0 cm³/mol. The number of nitrogens with zero attached hydrogens (tertiary/aromatic N) is 2. The highest BCUT2D eigenvalue weighted by atomic mass is 16.6. The van der Waals surface area contributed by atoms with E-state index in [-0.39, 0.29) is 17.8 Å². The number of amides is 2. The van der Waals surface area contributed by atoms with Crippen molar-refractivity contribution in [3.05, 3.63) is 63.8 Å². The van der Waals surface area contributed by atoms with E-state index in [4.69, 9.17) is 0 Å². The molecular weight excluding hydrogens is 300 g/mol. The topological polar surface area (TPSA) is 114 Å². The van der Waals surface area contributed by atoms with Gasteiger partial charge in [-0.05, 0) is 24.6 Å². The van der Waals surface area contributed by atoms with Crippen LogP contribution in [0.2, 0.25) is 0 Å². The number of anilines is 1. The monoisotopic (exact) mass is 314 g/mol. The molecule has 8 heteroatoms. The highest BCUT2D eigenvalue weighted by Crippen LogP contribution is 2.13. The maximum Gasteiger partial charge on any atom is 0.270 e. The Morgan fingerprint density at radius 3 is 2.74 bits per heavy atom. The summed E-state index contributed by atoms with van der Waals surface area (Å²) in [6.07, 6.45) is 1.55. The van der Waals surface area contributed by atoms with Gasteiger partial charge >= 0.3 is 0 Å². The minimum atomic E-state index is -0.590. The van der Waals surface area contributed by atoms with Crippen molar-refractivity contribution in [1.29, 1.82) is 0 Å². The first kappa shape index (κ1) is 16.1. The summed E-state index contributed by atoms with van der Waals surface area (Å²) in [5, 5.41) is 15.7. The number of pyridine rings is 1. The minimum Gasteiger partial charge on any atom is -0.343 e. The van der Waals surface area contributed by atoms with Crippen molar-refractivity contribution in [2.75, 3.05) is 11.9 Å². The van der Waals surface area contributed by atoms with Gasteiger partial charge in [0.15, 0.2) is 0 Å². The van der Waals surface area contributed by atoms with Gasteiger partial charge < -0.3 is 10.6 Å². The number of non-ortho nitro benzene ring substituents is 1. The van der Waals surface area contributed by atoms with Crippen LogP contribution >= 0.6 is 0 Å². The first-order valence-electron chi connectivity index (χ1n) is 6.71. The average Bonchev–Trinajstić information content (AvgIpc) is 2.55. The molecule has 2 amide bonds. The Morgan fingerprint density at radius 1 is 1.26 bits per heavy atom. The molecule has 23 heavy (non-hydrogen) atoms. The lowest BCUT2D eigenvalue weighted by atomic mass is 10.2. The lowest BCUT2D eigenvalue weighted by molar-refractivity contribution is -0.384. The molecule has 0 saturated heterocycles. The number of hydrogen-bond donors (Lipinski definition) is 2. The Balaban J connectivity index is 1.94. The summed E-state index contributed by atoms with van der Waals surface area (Å²) in [6.45, 7) is 1.53. The van der Waals surface area contributed by atoms with Gasteiger partial charge in [0, 0.05) is 23.9 Å². The van der Waals surface area contributed by atoms with E-state index in [1.165, 1.54) is 18.2 Å². The van der Waals surface area contributed by atoms with Crippen LogP contribution in [-0.4, -0.2) is 28.3 Å². The van der Waals surface area contributed by atoms with Crippen LogP contribution in [0.3, 0.4) is 0 Å². The zero-order valence-electron chi connectivity index (χ0n) is 12.3. The van der Waals surface area contributed by atoms with E-state index in [1.54, 1.807) is 25.3 Å². The van der Waals surface area contributed by atoms with Crippen molar-refractivity contribution in [3.8, 4) is 0 Å². The van der Waals surface area contributed by atoms with Crippen LogP contribution in [0.4, 0.5) is 11.5 Å². The number of nitrogens with one attached hydrogen (secondary N) is 2. The van der Waals surface area contributed by atoms with Gasteiger partial charge in [0.2, 0.25) is 5.91 Å². The average molecular weight is 314 g/mol. The molecule has 2 N–H and O–H groups in total. The zero-order valence-corrected chi connectivity index (χ0v) is 12.3. The molecule has 0 aliphatic heterocycles. The summed E-state index contributed by atoms with van der Waals surface area (Å²) in [5.41, 5.74) is 0.720. The highest BCUT2D eigenvalue weighted by Gasteiger charge is 2.13. The Labute approximate surface area is 131 Å². The lowest BCUT2D eigenvalue weighted by Crippen LogP contribution is -2.33. The van der Waals surface area contributed by atoms with Gasteiger partial charge in [0.05, 0.1) is 11.5 Å². The number of carbonyl (C=O) groups is 2. The van der Waals surface area contributed by atoms with Crippen LogP contribution in [0.25, 0.3) is 0 Å². The van der Waals surface area contributed by atoms with E-state index in [0.717, 1.165) is 11.6 Å². The zero-order chi connectivity index (χ0) is 16.8. The summed E-state index contributed by atoms with van der Waals surface area (Å²) < 4.78 is 0. The fraction of sp³-hybridized carbons (Fsp3) is 0.133. The number of aryl methyl sites for hydroxylation is 1. The molecule has 0 aliphatic rings. The fourth-order valence-electron chi connectivity index (χ4n) is 1.82. The Bertz CT molecular complexity index is 761. The minimum absolute atomic E-state index is 0.112. The van der Waals surface area contributed by atoms with Crippen LogP contribution < -0.4 is 10.6 Å². The van der Waals surface area contributed by atoms with E-state index in [0.29, 0.717) is 5.82 Å². The summed E-state index contributed by atoms with van der Waals surface area (Å²) in [7, 11) is 0. The third-order valence-corrected chi connectivity index (χ3v) is 3.00. The molecule has 0 fully saturated rings. The normalized spacial score (nSPS) is 9.96.